The Balaban J connectivity index is 1.66. The molecular weight excluding hydrogens is 400 g/mol. The first-order valence-corrected chi connectivity index (χ1v) is 11.1. The molecule has 0 saturated heterocycles. The summed E-state index contributed by atoms with van der Waals surface area (Å²) in [7, 11) is 0.440. The standard InChI is InChI=1S/C23H26N2O4S/c1-16-5-11-20(12-6-16)30(27)15-21-17(2)29-23(25-21)19-9-7-18(8-10-19)22(26)24-13-4-14-28-3/h5-12H,4,13-15H2,1-3H3,(H,24,26)/t30-/m1/s1. The van der Waals surface area contributed by atoms with E-state index in [1.807, 2.05) is 38.1 Å². The molecule has 2 aromatic carbocycles. The van der Waals surface area contributed by atoms with Gasteiger partial charge in [0.15, 0.2) is 0 Å². The minimum Gasteiger partial charge on any atom is -0.441 e. The van der Waals surface area contributed by atoms with E-state index >= 15 is 0 Å². The second kappa shape index (κ2) is 10.3. The third kappa shape index (κ3) is 5.64. The molecule has 30 heavy (non-hydrogen) atoms. The Morgan fingerprint density at radius 1 is 1.10 bits per heavy atom. The second-order valence-electron chi connectivity index (χ2n) is 7.00. The lowest BCUT2D eigenvalue weighted by molar-refractivity contribution is 0.0948. The molecule has 3 rings (SSSR count). The van der Waals surface area contributed by atoms with Gasteiger partial charge in [0.05, 0.1) is 22.2 Å². The van der Waals surface area contributed by atoms with Gasteiger partial charge in [-0.05, 0) is 56.7 Å². The molecule has 158 valence electrons. The maximum absolute atomic E-state index is 12.6. The van der Waals surface area contributed by atoms with Gasteiger partial charge in [0.25, 0.3) is 5.91 Å². The summed E-state index contributed by atoms with van der Waals surface area (Å²) in [6.45, 7) is 4.99. The Kier molecular flexibility index (Phi) is 7.54. The Morgan fingerprint density at radius 3 is 2.47 bits per heavy atom. The topological polar surface area (TPSA) is 81.4 Å². The maximum Gasteiger partial charge on any atom is 0.251 e. The molecule has 0 spiro atoms. The Morgan fingerprint density at radius 2 is 1.80 bits per heavy atom. The van der Waals surface area contributed by atoms with Crippen molar-refractivity contribution in [1.82, 2.24) is 10.3 Å². The summed E-state index contributed by atoms with van der Waals surface area (Å²) in [6.07, 6.45) is 0.767. The zero-order valence-electron chi connectivity index (χ0n) is 17.4. The van der Waals surface area contributed by atoms with Crippen LogP contribution in [0.5, 0.6) is 0 Å². The van der Waals surface area contributed by atoms with Crippen LogP contribution < -0.4 is 5.32 Å². The monoisotopic (exact) mass is 426 g/mol. The van der Waals surface area contributed by atoms with Crippen molar-refractivity contribution in [2.75, 3.05) is 20.3 Å². The van der Waals surface area contributed by atoms with Crippen LogP contribution in [0.2, 0.25) is 0 Å². The minimum absolute atomic E-state index is 0.129. The highest BCUT2D eigenvalue weighted by Crippen LogP contribution is 2.24. The molecule has 0 bridgehead atoms. The number of nitrogens with one attached hydrogen (secondary N) is 1. The molecule has 3 aromatic rings. The predicted molar refractivity (Wildman–Crippen MR) is 117 cm³/mol. The van der Waals surface area contributed by atoms with Crippen LogP contribution in [0.3, 0.4) is 0 Å². The molecule has 7 heteroatoms. The van der Waals surface area contributed by atoms with Crippen molar-refractivity contribution >= 4 is 16.7 Å². The van der Waals surface area contributed by atoms with Gasteiger partial charge in [-0.2, -0.15) is 0 Å². The van der Waals surface area contributed by atoms with Crippen LogP contribution in [0.1, 0.15) is 33.8 Å². The Labute approximate surface area is 179 Å². The molecule has 0 radical (unpaired) electrons. The molecule has 1 atom stereocenters. The van der Waals surface area contributed by atoms with E-state index in [0.29, 0.717) is 41.8 Å². The number of hydrogen-bond donors (Lipinski definition) is 1. The van der Waals surface area contributed by atoms with Gasteiger partial charge >= 0.3 is 0 Å². The van der Waals surface area contributed by atoms with Crippen molar-refractivity contribution in [3.8, 4) is 11.5 Å². The number of hydrogen-bond acceptors (Lipinski definition) is 5. The van der Waals surface area contributed by atoms with Crippen LogP contribution >= 0.6 is 0 Å². The summed E-state index contributed by atoms with van der Waals surface area (Å²) < 4.78 is 23.4. The third-order valence-corrected chi connectivity index (χ3v) is 5.98. The third-order valence-electron chi connectivity index (χ3n) is 4.65. The zero-order chi connectivity index (χ0) is 21.5. The fourth-order valence-electron chi connectivity index (χ4n) is 2.87. The van der Waals surface area contributed by atoms with E-state index in [9.17, 15) is 9.00 Å². The van der Waals surface area contributed by atoms with Crippen molar-refractivity contribution in [3.05, 3.63) is 71.1 Å². The smallest absolute Gasteiger partial charge is 0.251 e. The van der Waals surface area contributed by atoms with Gasteiger partial charge in [0.2, 0.25) is 5.89 Å². The Bertz CT molecular complexity index is 1010. The normalized spacial score (nSPS) is 12.0. The molecule has 1 aromatic heterocycles. The van der Waals surface area contributed by atoms with E-state index in [-0.39, 0.29) is 5.91 Å². The first-order valence-electron chi connectivity index (χ1n) is 9.77. The number of benzene rings is 2. The van der Waals surface area contributed by atoms with E-state index < -0.39 is 10.8 Å². The summed E-state index contributed by atoms with van der Waals surface area (Å²) >= 11 is 0. The van der Waals surface area contributed by atoms with Gasteiger partial charge in [0, 0.05) is 36.3 Å². The molecule has 1 heterocycles. The van der Waals surface area contributed by atoms with Crippen molar-refractivity contribution in [2.24, 2.45) is 0 Å². The first kappa shape index (κ1) is 21.9. The number of aromatic nitrogens is 1. The number of carbonyl (C=O) groups is 1. The summed E-state index contributed by atoms with van der Waals surface area (Å²) in [5.41, 5.74) is 3.13. The highest BCUT2D eigenvalue weighted by atomic mass is 32.2. The summed E-state index contributed by atoms with van der Waals surface area (Å²) in [6, 6.07) is 14.7. The van der Waals surface area contributed by atoms with Gasteiger partial charge in [-0.25, -0.2) is 4.98 Å². The van der Waals surface area contributed by atoms with Crippen molar-refractivity contribution in [2.45, 2.75) is 30.9 Å². The molecule has 0 unspecified atom stereocenters. The van der Waals surface area contributed by atoms with Crippen LogP contribution in [0.25, 0.3) is 11.5 Å². The fourth-order valence-corrected chi connectivity index (χ4v) is 3.99. The fraction of sp³-hybridized carbons (Fsp3) is 0.304. The number of carbonyl (C=O) groups excluding carboxylic acids is 1. The van der Waals surface area contributed by atoms with Crippen molar-refractivity contribution in [1.29, 1.82) is 0 Å². The van der Waals surface area contributed by atoms with Gasteiger partial charge in [-0.1, -0.05) is 17.7 Å². The first-order chi connectivity index (χ1) is 14.5. The molecular formula is C23H26N2O4S. The zero-order valence-corrected chi connectivity index (χ0v) is 18.3. The van der Waals surface area contributed by atoms with Crippen molar-refractivity contribution in [3.63, 3.8) is 0 Å². The molecule has 0 aliphatic rings. The van der Waals surface area contributed by atoms with E-state index in [0.717, 1.165) is 22.4 Å². The maximum atomic E-state index is 12.6. The molecule has 0 fully saturated rings. The summed E-state index contributed by atoms with van der Waals surface area (Å²) in [5, 5.41) is 2.85. The van der Waals surface area contributed by atoms with Gasteiger partial charge in [-0.3, -0.25) is 9.00 Å². The van der Waals surface area contributed by atoms with E-state index in [2.05, 4.69) is 10.3 Å². The number of methoxy groups -OCH3 is 1. The number of nitrogens with zero attached hydrogens (tertiary/aromatic N) is 1. The number of ether oxygens (including phenoxy) is 1. The second-order valence-corrected chi connectivity index (χ2v) is 8.46. The molecule has 1 amide bonds. The highest BCUT2D eigenvalue weighted by molar-refractivity contribution is 7.84. The summed E-state index contributed by atoms with van der Waals surface area (Å²) in [5.74, 6) is 1.26. The molecule has 6 nitrogen and oxygen atoms in total. The van der Waals surface area contributed by atoms with E-state index in [1.165, 1.54) is 0 Å². The lowest BCUT2D eigenvalue weighted by Crippen LogP contribution is -2.25. The number of aryl methyl sites for hydroxylation is 2. The van der Waals surface area contributed by atoms with E-state index in [4.69, 9.17) is 9.15 Å². The SMILES string of the molecule is COCCCNC(=O)c1ccc(-c2nc(C[S@@](=O)c3ccc(C)cc3)c(C)o2)cc1. The largest absolute Gasteiger partial charge is 0.441 e. The number of oxazole rings is 1. The summed E-state index contributed by atoms with van der Waals surface area (Å²) in [4.78, 5) is 17.5. The molecule has 1 N–H and O–H groups in total. The van der Waals surface area contributed by atoms with Crippen LogP contribution in [-0.4, -0.2) is 35.4 Å². The lowest BCUT2D eigenvalue weighted by Gasteiger charge is -2.05. The van der Waals surface area contributed by atoms with E-state index in [1.54, 1.807) is 31.4 Å². The lowest BCUT2D eigenvalue weighted by atomic mass is 10.1. The average molecular weight is 427 g/mol. The van der Waals surface area contributed by atoms with Crippen molar-refractivity contribution < 1.29 is 18.2 Å². The van der Waals surface area contributed by atoms with Gasteiger partial charge < -0.3 is 14.5 Å². The highest BCUT2D eigenvalue weighted by Gasteiger charge is 2.15. The van der Waals surface area contributed by atoms with Crippen LogP contribution in [0.4, 0.5) is 0 Å². The average Bonchev–Trinajstić information content (AvgIpc) is 3.12. The number of rotatable bonds is 9. The van der Waals surface area contributed by atoms with Gasteiger partial charge in [-0.15, -0.1) is 0 Å². The molecule has 0 aliphatic carbocycles. The number of amides is 1. The van der Waals surface area contributed by atoms with Crippen LogP contribution in [-0.2, 0) is 21.3 Å². The Hall–Kier alpha value is -2.77. The van der Waals surface area contributed by atoms with Crippen LogP contribution in [0.15, 0.2) is 57.8 Å². The minimum atomic E-state index is -1.20. The van der Waals surface area contributed by atoms with Gasteiger partial charge in [0.1, 0.15) is 5.76 Å². The predicted octanol–water partition coefficient (Wildman–Crippen LogP) is 4.03. The molecule has 0 aliphatic heterocycles. The quantitative estimate of drug-likeness (QED) is 0.523. The molecule has 0 saturated carbocycles. The van der Waals surface area contributed by atoms with Crippen LogP contribution in [0, 0.1) is 13.8 Å².